The standard InChI is InChI=1S/C20H25N3O4/c1-26-19(25)17-10-15(21)11-23(17)12-18(24)22-8-6-20(7-9-22)16-5-3-2-4-14(16)13-27-20/h2-5,17,21H,6-13H2,1H3/t17-/m0/s1. The van der Waals surface area contributed by atoms with Gasteiger partial charge in [-0.25, -0.2) is 0 Å². The normalized spacial score (nSPS) is 24.3. The van der Waals surface area contributed by atoms with E-state index in [1.807, 2.05) is 17.0 Å². The number of hydrogen-bond acceptors (Lipinski definition) is 6. The minimum atomic E-state index is -0.521. The first-order chi connectivity index (χ1) is 13.0. The molecule has 0 bridgehead atoms. The highest BCUT2D eigenvalue weighted by atomic mass is 16.5. The lowest BCUT2D eigenvalue weighted by Gasteiger charge is -2.39. The van der Waals surface area contributed by atoms with Gasteiger partial charge >= 0.3 is 5.97 Å². The first-order valence-corrected chi connectivity index (χ1v) is 9.41. The largest absolute Gasteiger partial charge is 0.468 e. The van der Waals surface area contributed by atoms with Crippen molar-refractivity contribution in [2.24, 2.45) is 0 Å². The molecule has 1 atom stereocenters. The number of rotatable bonds is 3. The zero-order valence-electron chi connectivity index (χ0n) is 15.6. The topological polar surface area (TPSA) is 82.9 Å². The molecule has 1 N–H and O–H groups in total. The lowest BCUT2D eigenvalue weighted by Crippen LogP contribution is -2.49. The van der Waals surface area contributed by atoms with E-state index in [0.29, 0.717) is 38.4 Å². The summed E-state index contributed by atoms with van der Waals surface area (Å²) in [5.74, 6) is -0.377. The molecule has 0 aromatic heterocycles. The molecule has 0 unspecified atom stereocenters. The number of piperidine rings is 1. The van der Waals surface area contributed by atoms with Gasteiger partial charge in [-0.15, -0.1) is 0 Å². The second-order valence-electron chi connectivity index (χ2n) is 7.57. The van der Waals surface area contributed by atoms with E-state index in [-0.39, 0.29) is 24.0 Å². The van der Waals surface area contributed by atoms with Crippen molar-refractivity contribution in [2.75, 3.05) is 33.3 Å². The number of amides is 1. The lowest BCUT2D eigenvalue weighted by molar-refractivity contribution is -0.147. The fourth-order valence-electron chi connectivity index (χ4n) is 4.51. The molecule has 3 aliphatic heterocycles. The predicted octanol–water partition coefficient (Wildman–Crippen LogP) is 1.30. The Hall–Kier alpha value is -2.25. The zero-order valence-corrected chi connectivity index (χ0v) is 15.6. The van der Waals surface area contributed by atoms with Crippen LogP contribution in [0.25, 0.3) is 0 Å². The average Bonchev–Trinajstić information content (AvgIpc) is 3.23. The summed E-state index contributed by atoms with van der Waals surface area (Å²) in [5.41, 5.74) is 2.70. The summed E-state index contributed by atoms with van der Waals surface area (Å²) in [7, 11) is 1.34. The summed E-state index contributed by atoms with van der Waals surface area (Å²) in [4.78, 5) is 28.3. The summed E-state index contributed by atoms with van der Waals surface area (Å²) in [6, 6.07) is 7.80. The molecule has 3 heterocycles. The van der Waals surface area contributed by atoms with Crippen LogP contribution in [-0.2, 0) is 31.3 Å². The van der Waals surface area contributed by atoms with Crippen LogP contribution in [0.3, 0.4) is 0 Å². The van der Waals surface area contributed by atoms with Gasteiger partial charge in [0.25, 0.3) is 0 Å². The maximum absolute atomic E-state index is 12.8. The Morgan fingerprint density at radius 1 is 1.30 bits per heavy atom. The third-order valence-corrected chi connectivity index (χ3v) is 6.02. The van der Waals surface area contributed by atoms with Crippen molar-refractivity contribution in [2.45, 2.75) is 37.5 Å². The number of benzene rings is 1. The SMILES string of the molecule is COC(=O)[C@@H]1CC(=N)CN1CC(=O)N1CCC2(CC1)OCc1ccccc12. The van der Waals surface area contributed by atoms with Crippen LogP contribution < -0.4 is 0 Å². The highest BCUT2D eigenvalue weighted by Crippen LogP contribution is 2.43. The van der Waals surface area contributed by atoms with Gasteiger partial charge < -0.3 is 19.8 Å². The molecule has 2 fully saturated rings. The van der Waals surface area contributed by atoms with Crippen LogP contribution in [0.2, 0.25) is 0 Å². The highest BCUT2D eigenvalue weighted by Gasteiger charge is 2.44. The van der Waals surface area contributed by atoms with Crippen molar-refractivity contribution in [1.82, 2.24) is 9.80 Å². The average molecular weight is 371 g/mol. The van der Waals surface area contributed by atoms with Gasteiger partial charge in [0.05, 0.1) is 25.9 Å². The van der Waals surface area contributed by atoms with Crippen LogP contribution in [0.15, 0.2) is 24.3 Å². The molecular weight excluding hydrogens is 346 g/mol. The Labute approximate surface area is 158 Å². The van der Waals surface area contributed by atoms with Crippen LogP contribution in [0, 0.1) is 5.41 Å². The van der Waals surface area contributed by atoms with Gasteiger partial charge in [0.2, 0.25) is 5.91 Å². The first-order valence-electron chi connectivity index (χ1n) is 9.41. The van der Waals surface area contributed by atoms with Crippen molar-refractivity contribution in [3.05, 3.63) is 35.4 Å². The molecule has 1 spiro atoms. The summed E-state index contributed by atoms with van der Waals surface area (Å²) < 4.78 is 11.0. The van der Waals surface area contributed by atoms with E-state index in [1.54, 1.807) is 4.90 Å². The zero-order chi connectivity index (χ0) is 19.0. The summed E-state index contributed by atoms with van der Waals surface area (Å²) in [6.07, 6.45) is 1.91. The Bertz CT molecular complexity index is 770. The molecule has 7 nitrogen and oxygen atoms in total. The fraction of sp³-hybridized carbons (Fsp3) is 0.550. The second-order valence-corrected chi connectivity index (χ2v) is 7.57. The maximum atomic E-state index is 12.8. The van der Waals surface area contributed by atoms with Crippen molar-refractivity contribution < 1.29 is 19.1 Å². The Morgan fingerprint density at radius 3 is 2.78 bits per heavy atom. The monoisotopic (exact) mass is 371 g/mol. The summed E-state index contributed by atoms with van der Waals surface area (Å²) in [6.45, 7) is 2.41. The molecule has 4 rings (SSSR count). The quantitative estimate of drug-likeness (QED) is 0.810. The van der Waals surface area contributed by atoms with Crippen molar-refractivity contribution in [3.63, 3.8) is 0 Å². The summed E-state index contributed by atoms with van der Waals surface area (Å²) in [5, 5.41) is 7.85. The molecule has 144 valence electrons. The number of carbonyl (C=O) groups is 2. The molecule has 3 aliphatic rings. The fourth-order valence-corrected chi connectivity index (χ4v) is 4.51. The number of methoxy groups -OCH3 is 1. The van der Waals surface area contributed by atoms with E-state index < -0.39 is 6.04 Å². The molecule has 27 heavy (non-hydrogen) atoms. The number of nitrogens with zero attached hydrogens (tertiary/aromatic N) is 2. The third kappa shape index (κ3) is 3.26. The van der Waals surface area contributed by atoms with Crippen LogP contribution in [0.5, 0.6) is 0 Å². The van der Waals surface area contributed by atoms with Gasteiger partial charge in [-0.1, -0.05) is 24.3 Å². The van der Waals surface area contributed by atoms with Gasteiger partial charge in [-0.2, -0.15) is 0 Å². The molecular formula is C20H25N3O4. The van der Waals surface area contributed by atoms with Gasteiger partial charge in [0.15, 0.2) is 0 Å². The van der Waals surface area contributed by atoms with E-state index in [9.17, 15) is 9.59 Å². The number of hydrogen-bond donors (Lipinski definition) is 1. The van der Waals surface area contributed by atoms with Crippen LogP contribution in [-0.4, -0.2) is 66.7 Å². The van der Waals surface area contributed by atoms with E-state index in [1.165, 1.54) is 18.2 Å². The molecule has 1 aromatic rings. The highest BCUT2D eigenvalue weighted by molar-refractivity contribution is 5.94. The summed E-state index contributed by atoms with van der Waals surface area (Å²) >= 11 is 0. The van der Waals surface area contributed by atoms with E-state index in [2.05, 4.69) is 12.1 Å². The van der Waals surface area contributed by atoms with Gasteiger partial charge in [-0.3, -0.25) is 14.5 Å². The Kier molecular flexibility index (Phi) is 4.74. The number of likely N-dealkylation sites (tertiary alicyclic amines) is 2. The van der Waals surface area contributed by atoms with Crippen LogP contribution >= 0.6 is 0 Å². The first kappa shape index (κ1) is 18.1. The number of nitrogens with one attached hydrogen (secondary N) is 1. The molecule has 0 radical (unpaired) electrons. The minimum absolute atomic E-state index is 0.000245. The van der Waals surface area contributed by atoms with Crippen LogP contribution in [0.4, 0.5) is 0 Å². The lowest BCUT2D eigenvalue weighted by atomic mass is 9.84. The van der Waals surface area contributed by atoms with Crippen molar-refractivity contribution in [1.29, 1.82) is 5.41 Å². The number of carbonyl (C=O) groups excluding carboxylic acids is 2. The van der Waals surface area contributed by atoms with Gasteiger partial charge in [0, 0.05) is 31.8 Å². The van der Waals surface area contributed by atoms with Gasteiger partial charge in [0.1, 0.15) is 6.04 Å². The number of ether oxygens (including phenoxy) is 2. The molecule has 2 saturated heterocycles. The molecule has 7 heteroatoms. The Balaban J connectivity index is 1.38. The van der Waals surface area contributed by atoms with E-state index in [4.69, 9.17) is 14.9 Å². The van der Waals surface area contributed by atoms with Crippen molar-refractivity contribution in [3.8, 4) is 0 Å². The number of esters is 1. The van der Waals surface area contributed by atoms with Crippen LogP contribution in [0.1, 0.15) is 30.4 Å². The van der Waals surface area contributed by atoms with Crippen molar-refractivity contribution >= 4 is 17.6 Å². The second kappa shape index (κ2) is 7.05. The third-order valence-electron chi connectivity index (χ3n) is 6.02. The molecule has 0 aliphatic carbocycles. The predicted molar refractivity (Wildman–Crippen MR) is 98.4 cm³/mol. The maximum Gasteiger partial charge on any atom is 0.323 e. The van der Waals surface area contributed by atoms with E-state index in [0.717, 1.165) is 12.8 Å². The van der Waals surface area contributed by atoms with E-state index >= 15 is 0 Å². The number of fused-ring (bicyclic) bond motifs is 2. The Morgan fingerprint density at radius 2 is 2.04 bits per heavy atom. The molecule has 1 amide bonds. The molecule has 1 aromatic carbocycles. The van der Waals surface area contributed by atoms with Gasteiger partial charge in [-0.05, 0) is 24.0 Å². The minimum Gasteiger partial charge on any atom is -0.468 e. The molecule has 0 saturated carbocycles. The smallest absolute Gasteiger partial charge is 0.323 e.